The highest BCUT2D eigenvalue weighted by Gasteiger charge is 2.35. The van der Waals surface area contributed by atoms with Crippen LogP contribution >= 0.6 is 11.6 Å². The molecule has 3 aromatic rings. The summed E-state index contributed by atoms with van der Waals surface area (Å²) < 4.78 is 28.7. The number of halogens is 1. The predicted octanol–water partition coefficient (Wildman–Crippen LogP) is 5.04. The molecule has 1 aliphatic heterocycles. The summed E-state index contributed by atoms with van der Waals surface area (Å²) in [4.78, 5) is 25.5. The van der Waals surface area contributed by atoms with E-state index in [1.165, 1.54) is 12.1 Å². The van der Waals surface area contributed by atoms with Crippen LogP contribution in [0, 0.1) is 24.0 Å². The van der Waals surface area contributed by atoms with E-state index >= 15 is 0 Å². The van der Waals surface area contributed by atoms with Gasteiger partial charge in [0.15, 0.2) is 0 Å². The number of benzene rings is 3. The first-order chi connectivity index (χ1) is 16.5. The summed E-state index contributed by atoms with van der Waals surface area (Å²) in [6.45, 7) is 5.08. The Bertz CT molecular complexity index is 1440. The summed E-state index contributed by atoms with van der Waals surface area (Å²) in [6, 6.07) is 15.9. The van der Waals surface area contributed by atoms with E-state index in [0.717, 1.165) is 27.2 Å². The first-order valence-corrected chi connectivity index (χ1v) is 12.8. The molecular weight excluding hydrogens is 490 g/mol. The monoisotopic (exact) mass is 513 g/mol. The molecule has 182 valence electrons. The number of carbonyl (C=O) groups is 1. The summed E-state index contributed by atoms with van der Waals surface area (Å²) in [5.74, 6) is -0.394. The van der Waals surface area contributed by atoms with Crippen molar-refractivity contribution in [2.45, 2.75) is 38.1 Å². The SMILES string of the molecule is Cc1ccc(N(CC(=O)N2c3ccccc3C[C@H]2C)S(=O)(=O)c2ccc(Cl)c([N+](=O)[O-])c2)c(C)c1. The van der Waals surface area contributed by atoms with Crippen molar-refractivity contribution < 1.29 is 18.1 Å². The second-order valence-corrected chi connectivity index (χ2v) is 10.9. The highest BCUT2D eigenvalue weighted by molar-refractivity contribution is 7.92. The topological polar surface area (TPSA) is 101 Å². The third-order valence-electron chi connectivity index (χ3n) is 6.08. The molecule has 0 radical (unpaired) electrons. The molecule has 0 bridgehead atoms. The third-order valence-corrected chi connectivity index (χ3v) is 8.15. The first kappa shape index (κ1) is 24.7. The van der Waals surface area contributed by atoms with Gasteiger partial charge in [0.2, 0.25) is 5.91 Å². The van der Waals surface area contributed by atoms with Crippen LogP contribution in [0.25, 0.3) is 0 Å². The number of aryl methyl sites for hydroxylation is 2. The summed E-state index contributed by atoms with van der Waals surface area (Å²) in [5.41, 5.74) is 3.15. The minimum absolute atomic E-state index is 0.139. The van der Waals surface area contributed by atoms with Gasteiger partial charge in [0.1, 0.15) is 11.6 Å². The minimum Gasteiger partial charge on any atom is -0.307 e. The average molecular weight is 514 g/mol. The summed E-state index contributed by atoms with van der Waals surface area (Å²) in [6.07, 6.45) is 0.668. The largest absolute Gasteiger partial charge is 0.307 e. The summed E-state index contributed by atoms with van der Waals surface area (Å²) in [5, 5.41) is 11.2. The van der Waals surface area contributed by atoms with Crippen molar-refractivity contribution in [3.8, 4) is 0 Å². The lowest BCUT2D eigenvalue weighted by atomic mass is 10.1. The van der Waals surface area contributed by atoms with Crippen molar-refractivity contribution in [1.82, 2.24) is 0 Å². The molecule has 0 fully saturated rings. The molecule has 0 unspecified atom stereocenters. The lowest BCUT2D eigenvalue weighted by Crippen LogP contribution is -2.45. The van der Waals surface area contributed by atoms with Crippen molar-refractivity contribution in [2.75, 3.05) is 15.7 Å². The molecule has 8 nitrogen and oxygen atoms in total. The van der Waals surface area contributed by atoms with Gasteiger partial charge >= 0.3 is 0 Å². The standard InChI is InChI=1S/C25H24ClN3O5S/c1-16-8-11-22(17(2)12-16)27(35(33,34)20-9-10-21(26)24(14-20)29(31)32)15-25(30)28-18(3)13-19-6-4-5-7-23(19)28/h4-12,14,18H,13,15H2,1-3H3/t18-/m1/s1. The van der Waals surface area contributed by atoms with Gasteiger partial charge in [-0.1, -0.05) is 47.5 Å². The molecule has 3 aromatic carbocycles. The molecule has 0 saturated carbocycles. The van der Waals surface area contributed by atoms with Gasteiger partial charge in [-0.2, -0.15) is 0 Å². The van der Waals surface area contributed by atoms with Crippen LogP contribution in [-0.4, -0.2) is 31.8 Å². The van der Waals surface area contributed by atoms with Gasteiger partial charge in [-0.15, -0.1) is 0 Å². The third kappa shape index (κ3) is 4.61. The lowest BCUT2D eigenvalue weighted by Gasteiger charge is -2.29. The fraction of sp³-hybridized carbons (Fsp3) is 0.240. The van der Waals surface area contributed by atoms with Crippen LogP contribution in [-0.2, 0) is 21.2 Å². The van der Waals surface area contributed by atoms with Crippen LogP contribution in [0.15, 0.2) is 65.6 Å². The van der Waals surface area contributed by atoms with Gasteiger partial charge in [-0.05, 0) is 62.6 Å². The molecule has 1 atom stereocenters. The van der Waals surface area contributed by atoms with E-state index in [2.05, 4.69) is 0 Å². The zero-order chi connectivity index (χ0) is 25.5. The van der Waals surface area contributed by atoms with E-state index in [1.54, 1.807) is 24.0 Å². The Hall–Kier alpha value is -3.43. The molecule has 35 heavy (non-hydrogen) atoms. The van der Waals surface area contributed by atoms with Crippen molar-refractivity contribution in [3.05, 3.63) is 92.5 Å². The number of carbonyl (C=O) groups excluding carboxylic acids is 1. The number of fused-ring (bicyclic) bond motifs is 1. The van der Waals surface area contributed by atoms with Gasteiger partial charge < -0.3 is 4.90 Å². The maximum atomic E-state index is 13.8. The Morgan fingerprint density at radius 3 is 2.54 bits per heavy atom. The number of nitro benzene ring substituents is 1. The molecule has 1 heterocycles. The van der Waals surface area contributed by atoms with Crippen molar-refractivity contribution in [1.29, 1.82) is 0 Å². The van der Waals surface area contributed by atoms with E-state index in [9.17, 15) is 23.3 Å². The molecule has 1 aliphatic rings. The lowest BCUT2D eigenvalue weighted by molar-refractivity contribution is -0.384. The van der Waals surface area contributed by atoms with Gasteiger partial charge in [-0.3, -0.25) is 19.2 Å². The van der Waals surface area contributed by atoms with Crippen LogP contribution < -0.4 is 9.21 Å². The minimum atomic E-state index is -4.36. The van der Waals surface area contributed by atoms with Gasteiger partial charge in [0.25, 0.3) is 15.7 Å². The van der Waals surface area contributed by atoms with Crippen LogP contribution in [0.1, 0.15) is 23.6 Å². The Morgan fingerprint density at radius 1 is 1.14 bits per heavy atom. The number of hydrogen-bond acceptors (Lipinski definition) is 5. The van der Waals surface area contributed by atoms with Gasteiger partial charge in [-0.25, -0.2) is 8.42 Å². The molecule has 1 amide bonds. The number of para-hydroxylation sites is 1. The second-order valence-electron chi connectivity index (χ2n) is 8.62. The first-order valence-electron chi connectivity index (χ1n) is 10.9. The average Bonchev–Trinajstić information content (AvgIpc) is 3.13. The number of nitrogens with zero attached hydrogens (tertiary/aromatic N) is 3. The van der Waals surface area contributed by atoms with E-state index in [-0.39, 0.29) is 16.0 Å². The molecule has 0 aliphatic carbocycles. The van der Waals surface area contributed by atoms with Crippen molar-refractivity contribution in [3.63, 3.8) is 0 Å². The van der Waals surface area contributed by atoms with Crippen LogP contribution in [0.4, 0.5) is 17.1 Å². The number of nitro groups is 1. The molecule has 0 aromatic heterocycles. The smallest absolute Gasteiger partial charge is 0.289 e. The molecule has 4 rings (SSSR count). The fourth-order valence-corrected chi connectivity index (χ4v) is 6.14. The Balaban J connectivity index is 1.80. The normalized spacial score (nSPS) is 15.1. The van der Waals surface area contributed by atoms with Gasteiger partial charge in [0, 0.05) is 17.8 Å². The van der Waals surface area contributed by atoms with Gasteiger partial charge in [0.05, 0.1) is 15.5 Å². The van der Waals surface area contributed by atoms with Crippen LogP contribution in [0.5, 0.6) is 0 Å². The predicted molar refractivity (Wildman–Crippen MR) is 136 cm³/mol. The molecule has 10 heteroatoms. The second kappa shape index (κ2) is 9.31. The quantitative estimate of drug-likeness (QED) is 0.339. The fourth-order valence-electron chi connectivity index (χ4n) is 4.45. The summed E-state index contributed by atoms with van der Waals surface area (Å²) in [7, 11) is -4.36. The maximum absolute atomic E-state index is 13.8. The van der Waals surface area contributed by atoms with Crippen LogP contribution in [0.2, 0.25) is 5.02 Å². The number of sulfonamides is 1. The Morgan fingerprint density at radius 2 is 1.86 bits per heavy atom. The Kier molecular flexibility index (Phi) is 6.57. The van der Waals surface area contributed by atoms with Crippen molar-refractivity contribution >= 4 is 44.6 Å². The van der Waals surface area contributed by atoms with E-state index < -0.39 is 33.1 Å². The molecule has 0 N–H and O–H groups in total. The highest BCUT2D eigenvalue weighted by atomic mass is 35.5. The number of anilines is 2. The zero-order valence-corrected chi connectivity index (χ0v) is 21.0. The highest BCUT2D eigenvalue weighted by Crippen LogP contribution is 2.35. The molecule has 0 saturated heterocycles. The number of rotatable bonds is 6. The van der Waals surface area contributed by atoms with E-state index in [1.807, 2.05) is 44.2 Å². The Labute approximate surface area is 208 Å². The van der Waals surface area contributed by atoms with E-state index in [0.29, 0.717) is 17.7 Å². The maximum Gasteiger partial charge on any atom is 0.289 e. The molecular formula is C25H24ClN3O5S. The van der Waals surface area contributed by atoms with Crippen molar-refractivity contribution in [2.24, 2.45) is 0 Å². The van der Waals surface area contributed by atoms with E-state index in [4.69, 9.17) is 11.6 Å². The summed E-state index contributed by atoms with van der Waals surface area (Å²) >= 11 is 5.90. The zero-order valence-electron chi connectivity index (χ0n) is 19.4. The number of amides is 1. The number of hydrogen-bond donors (Lipinski definition) is 0. The van der Waals surface area contributed by atoms with Crippen LogP contribution in [0.3, 0.4) is 0 Å². The molecule has 0 spiro atoms.